The van der Waals surface area contributed by atoms with Crippen molar-refractivity contribution in [3.63, 3.8) is 0 Å². The van der Waals surface area contributed by atoms with Crippen molar-refractivity contribution < 1.29 is 9.53 Å². The summed E-state index contributed by atoms with van der Waals surface area (Å²) in [6.07, 6.45) is 7.50. The van der Waals surface area contributed by atoms with E-state index in [1.54, 1.807) is 6.20 Å². The molecule has 144 valence electrons. The van der Waals surface area contributed by atoms with Gasteiger partial charge in [-0.3, -0.25) is 4.79 Å². The second-order valence-corrected chi connectivity index (χ2v) is 8.34. The number of likely N-dealkylation sites (tertiary alicyclic amines) is 1. The topological polar surface area (TPSA) is 58.2 Å². The number of carbonyl (C=O) groups is 1. The molecule has 0 aliphatic carbocycles. The van der Waals surface area contributed by atoms with E-state index in [9.17, 15) is 4.79 Å². The Labute approximate surface area is 168 Å². The summed E-state index contributed by atoms with van der Waals surface area (Å²) in [6.45, 7) is 3.53. The molecule has 1 N–H and O–H groups in total. The molecule has 1 atom stereocenters. The smallest absolute Gasteiger partial charge is 0.266 e. The lowest BCUT2D eigenvalue weighted by molar-refractivity contribution is -0.146. The Kier molecular flexibility index (Phi) is 4.09. The Morgan fingerprint density at radius 1 is 1.21 bits per heavy atom. The second kappa shape index (κ2) is 6.52. The average Bonchev–Trinajstić information content (AvgIpc) is 3.31. The van der Waals surface area contributed by atoms with Gasteiger partial charge in [0.2, 0.25) is 0 Å². The van der Waals surface area contributed by atoms with Crippen molar-refractivity contribution >= 4 is 28.5 Å². The van der Waals surface area contributed by atoms with Crippen molar-refractivity contribution in [2.24, 2.45) is 0 Å². The molecule has 5 rings (SSSR count). The first kappa shape index (κ1) is 17.6. The Hall–Kier alpha value is -2.53. The molecule has 2 aliphatic rings. The largest absolute Gasteiger partial charge is 0.476 e. The standard InChI is InChI=1S/C22H22ClN3O2/c1-22(21(27)26-9-3-2-4-10-26)13-14-11-15(23)12-18(19(14)28-22)16-5-7-24-20-17(16)6-8-25-20/h5-8,11-12H,2-4,9-10,13H2,1H3,(H,24,25). The van der Waals surface area contributed by atoms with E-state index in [0.717, 1.165) is 59.4 Å². The molecule has 3 aromatic rings. The minimum Gasteiger partial charge on any atom is -0.476 e. The van der Waals surface area contributed by atoms with Crippen LogP contribution in [0.3, 0.4) is 0 Å². The van der Waals surface area contributed by atoms with Gasteiger partial charge in [-0.25, -0.2) is 4.98 Å². The number of nitrogens with one attached hydrogen (secondary N) is 1. The molecule has 0 bridgehead atoms. The number of amides is 1. The number of piperidine rings is 1. The molecule has 5 nitrogen and oxygen atoms in total. The van der Waals surface area contributed by atoms with E-state index in [-0.39, 0.29) is 5.91 Å². The average molecular weight is 396 g/mol. The molecule has 2 aromatic heterocycles. The number of pyridine rings is 1. The van der Waals surface area contributed by atoms with Crippen molar-refractivity contribution in [2.45, 2.75) is 38.2 Å². The number of fused-ring (bicyclic) bond motifs is 2. The predicted octanol–water partition coefficient (Wildman–Crippen LogP) is 4.59. The first-order valence-corrected chi connectivity index (χ1v) is 10.2. The summed E-state index contributed by atoms with van der Waals surface area (Å²) in [5.74, 6) is 0.831. The Morgan fingerprint density at radius 2 is 2.04 bits per heavy atom. The maximum atomic E-state index is 13.2. The molecule has 6 heteroatoms. The number of carbonyl (C=O) groups excluding carboxylic acids is 1. The number of H-pyrrole nitrogens is 1. The number of hydrogen-bond acceptors (Lipinski definition) is 3. The molecular formula is C22H22ClN3O2. The van der Waals surface area contributed by atoms with Crippen molar-refractivity contribution in [3.8, 4) is 16.9 Å². The molecule has 1 saturated heterocycles. The first-order valence-electron chi connectivity index (χ1n) is 9.78. The Morgan fingerprint density at radius 3 is 2.86 bits per heavy atom. The highest BCUT2D eigenvalue weighted by Crippen LogP contribution is 2.46. The lowest BCUT2D eigenvalue weighted by atomic mass is 9.94. The van der Waals surface area contributed by atoms with Crippen LogP contribution >= 0.6 is 11.6 Å². The van der Waals surface area contributed by atoms with Gasteiger partial charge in [0, 0.05) is 53.4 Å². The van der Waals surface area contributed by atoms with E-state index in [4.69, 9.17) is 16.3 Å². The van der Waals surface area contributed by atoms with Gasteiger partial charge in [-0.05, 0) is 56.0 Å². The van der Waals surface area contributed by atoms with Gasteiger partial charge in [-0.15, -0.1) is 0 Å². The zero-order chi connectivity index (χ0) is 19.3. The summed E-state index contributed by atoms with van der Waals surface area (Å²) in [5.41, 5.74) is 2.82. The number of aromatic nitrogens is 2. The number of nitrogens with zero attached hydrogens (tertiary/aromatic N) is 2. The zero-order valence-corrected chi connectivity index (χ0v) is 16.6. The molecule has 28 heavy (non-hydrogen) atoms. The minimum atomic E-state index is -0.886. The third-order valence-corrected chi connectivity index (χ3v) is 6.05. The van der Waals surface area contributed by atoms with E-state index in [1.165, 1.54) is 6.42 Å². The summed E-state index contributed by atoms with van der Waals surface area (Å²) in [7, 11) is 0. The van der Waals surface area contributed by atoms with Gasteiger partial charge in [-0.2, -0.15) is 0 Å². The van der Waals surface area contributed by atoms with Crippen LogP contribution in [0.5, 0.6) is 5.75 Å². The van der Waals surface area contributed by atoms with Crippen LogP contribution in [-0.4, -0.2) is 39.5 Å². The van der Waals surface area contributed by atoms with Crippen LogP contribution in [-0.2, 0) is 11.2 Å². The number of hydrogen-bond donors (Lipinski definition) is 1. The number of halogens is 1. The third-order valence-electron chi connectivity index (χ3n) is 5.83. The van der Waals surface area contributed by atoms with Crippen LogP contribution in [0.4, 0.5) is 0 Å². The SMILES string of the molecule is CC1(C(=O)N2CCCCC2)Cc2cc(Cl)cc(-c3ccnc4[nH]ccc34)c2O1. The van der Waals surface area contributed by atoms with Gasteiger partial charge >= 0.3 is 0 Å². The van der Waals surface area contributed by atoms with Crippen molar-refractivity contribution in [1.82, 2.24) is 14.9 Å². The number of aromatic amines is 1. The Bertz CT molecular complexity index is 1070. The fourth-order valence-electron chi connectivity index (χ4n) is 4.47. The number of benzene rings is 1. The first-order chi connectivity index (χ1) is 13.5. The van der Waals surface area contributed by atoms with Gasteiger partial charge in [0.05, 0.1) is 0 Å². The van der Waals surface area contributed by atoms with Crippen LogP contribution in [0.2, 0.25) is 5.02 Å². The molecule has 1 unspecified atom stereocenters. The lowest BCUT2D eigenvalue weighted by Crippen LogP contribution is -2.51. The van der Waals surface area contributed by atoms with Crippen LogP contribution in [0.25, 0.3) is 22.2 Å². The van der Waals surface area contributed by atoms with Crippen LogP contribution < -0.4 is 4.74 Å². The summed E-state index contributed by atoms with van der Waals surface area (Å²) < 4.78 is 6.40. The van der Waals surface area contributed by atoms with E-state index in [2.05, 4.69) is 9.97 Å². The maximum Gasteiger partial charge on any atom is 0.266 e. The Balaban J connectivity index is 1.57. The molecule has 1 aromatic carbocycles. The van der Waals surface area contributed by atoms with Gasteiger partial charge in [0.25, 0.3) is 5.91 Å². The summed E-state index contributed by atoms with van der Waals surface area (Å²) in [5, 5.41) is 1.65. The van der Waals surface area contributed by atoms with E-state index in [0.29, 0.717) is 11.4 Å². The third kappa shape index (κ3) is 2.76. The maximum absolute atomic E-state index is 13.2. The van der Waals surface area contributed by atoms with E-state index >= 15 is 0 Å². The van der Waals surface area contributed by atoms with Crippen LogP contribution in [0.1, 0.15) is 31.7 Å². The summed E-state index contributed by atoms with van der Waals surface area (Å²) >= 11 is 6.45. The van der Waals surface area contributed by atoms with Crippen molar-refractivity contribution in [1.29, 1.82) is 0 Å². The van der Waals surface area contributed by atoms with Crippen LogP contribution in [0, 0.1) is 0 Å². The molecule has 1 fully saturated rings. The van der Waals surface area contributed by atoms with E-state index in [1.807, 2.05) is 42.3 Å². The minimum absolute atomic E-state index is 0.0759. The second-order valence-electron chi connectivity index (χ2n) is 7.90. The van der Waals surface area contributed by atoms with Gasteiger partial charge in [0.15, 0.2) is 5.60 Å². The highest BCUT2D eigenvalue weighted by molar-refractivity contribution is 6.31. The quantitative estimate of drug-likeness (QED) is 0.690. The van der Waals surface area contributed by atoms with Crippen molar-refractivity contribution in [2.75, 3.05) is 13.1 Å². The van der Waals surface area contributed by atoms with Gasteiger partial charge in [-0.1, -0.05) is 11.6 Å². The predicted molar refractivity (Wildman–Crippen MR) is 110 cm³/mol. The molecular weight excluding hydrogens is 374 g/mol. The fraction of sp³-hybridized carbons (Fsp3) is 0.364. The normalized spacial score (nSPS) is 21.6. The van der Waals surface area contributed by atoms with E-state index < -0.39 is 5.60 Å². The molecule has 4 heterocycles. The number of ether oxygens (including phenoxy) is 1. The molecule has 1 amide bonds. The number of rotatable bonds is 2. The highest BCUT2D eigenvalue weighted by atomic mass is 35.5. The molecule has 2 aliphatic heterocycles. The fourth-order valence-corrected chi connectivity index (χ4v) is 4.71. The van der Waals surface area contributed by atoms with Gasteiger partial charge in [0.1, 0.15) is 11.4 Å². The molecule has 0 saturated carbocycles. The summed E-state index contributed by atoms with van der Waals surface area (Å²) in [6, 6.07) is 7.80. The monoisotopic (exact) mass is 395 g/mol. The van der Waals surface area contributed by atoms with Crippen LogP contribution in [0.15, 0.2) is 36.7 Å². The zero-order valence-electron chi connectivity index (χ0n) is 15.8. The van der Waals surface area contributed by atoms with Crippen molar-refractivity contribution in [3.05, 3.63) is 47.2 Å². The molecule has 0 radical (unpaired) electrons. The summed E-state index contributed by atoms with van der Waals surface area (Å²) in [4.78, 5) is 22.7. The van der Waals surface area contributed by atoms with Gasteiger partial charge < -0.3 is 14.6 Å². The lowest BCUT2D eigenvalue weighted by Gasteiger charge is -2.33. The molecule has 0 spiro atoms. The highest BCUT2D eigenvalue weighted by Gasteiger charge is 2.45.